The third kappa shape index (κ3) is 2.30. The third-order valence-electron chi connectivity index (χ3n) is 2.05. The summed E-state index contributed by atoms with van der Waals surface area (Å²) in [6, 6.07) is 3.10. The number of hydrogen-bond acceptors (Lipinski definition) is 0. The fourth-order valence-electron chi connectivity index (χ4n) is 1.19. The van der Waals surface area contributed by atoms with Gasteiger partial charge in [0, 0.05) is 11.5 Å². The molecule has 0 unspecified atom stereocenters. The zero-order valence-corrected chi connectivity index (χ0v) is 7.90. The van der Waals surface area contributed by atoms with Crippen LogP contribution in [0.2, 0.25) is 0 Å². The molecule has 0 fully saturated rings. The molecule has 0 amide bonds. The maximum Gasteiger partial charge on any atom is 0.419 e. The molecule has 0 N–H and O–H groups in total. The highest BCUT2D eigenvalue weighted by Crippen LogP contribution is 2.33. The van der Waals surface area contributed by atoms with Crippen LogP contribution in [0.4, 0.5) is 17.6 Å². The minimum absolute atomic E-state index is 0.104. The molecule has 4 heteroatoms. The summed E-state index contributed by atoms with van der Waals surface area (Å²) < 4.78 is 50.3. The second kappa shape index (κ2) is 3.93. The van der Waals surface area contributed by atoms with Crippen LogP contribution in [-0.4, -0.2) is 0 Å². The van der Waals surface area contributed by atoms with E-state index in [1.807, 2.05) is 0 Å². The smallest absolute Gasteiger partial charge is 0.206 e. The largest absolute Gasteiger partial charge is 0.419 e. The van der Waals surface area contributed by atoms with Crippen LogP contribution in [0.15, 0.2) is 18.2 Å². The van der Waals surface area contributed by atoms with Gasteiger partial charge in [-0.1, -0.05) is 18.1 Å². The second-order valence-corrected chi connectivity index (χ2v) is 3.09. The average Bonchev–Trinajstić information content (AvgIpc) is 2.15. The van der Waals surface area contributed by atoms with E-state index in [4.69, 9.17) is 6.42 Å². The quantitative estimate of drug-likeness (QED) is 0.497. The summed E-state index contributed by atoms with van der Waals surface area (Å²) in [5.41, 5.74) is -1.38. The lowest BCUT2D eigenvalue weighted by atomic mass is 9.99. The number of alkyl halides is 3. The number of halogens is 4. The SMILES string of the molecule is C#C[C@H](C)c1cccc(C(F)(F)F)c1F. The van der Waals surface area contributed by atoms with E-state index in [-0.39, 0.29) is 5.56 Å². The fraction of sp³-hybridized carbons (Fsp3) is 0.273. The molecule has 1 aromatic rings. The van der Waals surface area contributed by atoms with Gasteiger partial charge in [-0.15, -0.1) is 6.42 Å². The van der Waals surface area contributed by atoms with Gasteiger partial charge in [0.25, 0.3) is 0 Å². The van der Waals surface area contributed by atoms with Gasteiger partial charge < -0.3 is 0 Å². The molecule has 0 aliphatic heterocycles. The van der Waals surface area contributed by atoms with E-state index < -0.39 is 23.5 Å². The predicted octanol–water partition coefficient (Wildman–Crippen LogP) is 3.58. The Bertz CT molecular complexity index is 398. The molecule has 80 valence electrons. The highest BCUT2D eigenvalue weighted by atomic mass is 19.4. The molecule has 0 bridgehead atoms. The Morgan fingerprint density at radius 1 is 1.33 bits per heavy atom. The van der Waals surface area contributed by atoms with Crippen molar-refractivity contribution in [1.29, 1.82) is 0 Å². The van der Waals surface area contributed by atoms with E-state index in [1.54, 1.807) is 0 Å². The second-order valence-electron chi connectivity index (χ2n) is 3.09. The van der Waals surface area contributed by atoms with E-state index in [2.05, 4.69) is 5.92 Å². The topological polar surface area (TPSA) is 0 Å². The zero-order valence-electron chi connectivity index (χ0n) is 7.90. The maximum absolute atomic E-state index is 13.4. The molecule has 0 spiro atoms. The molecule has 0 heterocycles. The van der Waals surface area contributed by atoms with E-state index in [0.717, 1.165) is 6.07 Å². The van der Waals surface area contributed by atoms with Gasteiger partial charge in [-0.2, -0.15) is 13.2 Å². The fourth-order valence-corrected chi connectivity index (χ4v) is 1.19. The summed E-state index contributed by atoms with van der Waals surface area (Å²) in [5, 5.41) is 0. The predicted molar refractivity (Wildman–Crippen MR) is 48.7 cm³/mol. The number of hydrogen-bond donors (Lipinski definition) is 0. The average molecular weight is 216 g/mol. The van der Waals surface area contributed by atoms with E-state index in [1.165, 1.54) is 13.0 Å². The highest BCUT2D eigenvalue weighted by molar-refractivity contribution is 5.33. The van der Waals surface area contributed by atoms with Gasteiger partial charge in [0.15, 0.2) is 0 Å². The first-order valence-electron chi connectivity index (χ1n) is 4.19. The van der Waals surface area contributed by atoms with Crippen molar-refractivity contribution < 1.29 is 17.6 Å². The molecule has 0 aliphatic carbocycles. The maximum atomic E-state index is 13.4. The number of rotatable bonds is 1. The standard InChI is InChI=1S/C11H8F4/c1-3-7(2)8-5-4-6-9(10(8)12)11(13,14)15/h1,4-7H,2H3/t7-/m0/s1. The Balaban J connectivity index is 3.31. The van der Waals surface area contributed by atoms with Crippen molar-refractivity contribution >= 4 is 0 Å². The molecular formula is C11H8F4. The lowest BCUT2D eigenvalue weighted by Crippen LogP contribution is -2.10. The highest BCUT2D eigenvalue weighted by Gasteiger charge is 2.35. The molecule has 1 aromatic carbocycles. The molecule has 0 saturated carbocycles. The lowest BCUT2D eigenvalue weighted by Gasteiger charge is -2.12. The molecule has 0 radical (unpaired) electrons. The van der Waals surface area contributed by atoms with Gasteiger partial charge in [0.05, 0.1) is 5.56 Å². The summed E-state index contributed by atoms with van der Waals surface area (Å²) in [6.45, 7) is 1.47. The third-order valence-corrected chi connectivity index (χ3v) is 2.05. The Labute approximate surface area is 84.9 Å². The van der Waals surface area contributed by atoms with Crippen molar-refractivity contribution in [1.82, 2.24) is 0 Å². The van der Waals surface area contributed by atoms with Gasteiger partial charge in [-0.3, -0.25) is 0 Å². The Hall–Kier alpha value is -1.50. The van der Waals surface area contributed by atoms with Crippen molar-refractivity contribution in [2.24, 2.45) is 0 Å². The van der Waals surface area contributed by atoms with Crippen LogP contribution in [0.5, 0.6) is 0 Å². The summed E-state index contributed by atoms with van der Waals surface area (Å²) in [4.78, 5) is 0. The Morgan fingerprint density at radius 2 is 1.93 bits per heavy atom. The molecule has 0 aliphatic rings. The van der Waals surface area contributed by atoms with Gasteiger partial charge in [-0.25, -0.2) is 4.39 Å². The van der Waals surface area contributed by atoms with Gasteiger partial charge in [0.2, 0.25) is 0 Å². The van der Waals surface area contributed by atoms with Crippen molar-refractivity contribution in [2.75, 3.05) is 0 Å². The van der Waals surface area contributed by atoms with E-state index >= 15 is 0 Å². The zero-order chi connectivity index (χ0) is 11.6. The Kier molecular flexibility index (Phi) is 3.04. The summed E-state index contributed by atoms with van der Waals surface area (Å²) >= 11 is 0. The first-order valence-corrected chi connectivity index (χ1v) is 4.19. The summed E-state index contributed by atoms with van der Waals surface area (Å²) in [5.74, 6) is 0.238. The van der Waals surface area contributed by atoms with Crippen molar-refractivity contribution in [3.63, 3.8) is 0 Å². The number of benzene rings is 1. The molecule has 0 saturated heterocycles. The molecule has 1 atom stereocenters. The summed E-state index contributed by atoms with van der Waals surface area (Å²) in [7, 11) is 0. The van der Waals surface area contributed by atoms with Gasteiger partial charge >= 0.3 is 6.18 Å². The first-order chi connectivity index (χ1) is 6.88. The van der Waals surface area contributed by atoms with E-state index in [9.17, 15) is 17.6 Å². The first kappa shape index (κ1) is 11.6. The summed E-state index contributed by atoms with van der Waals surface area (Å²) in [6.07, 6.45) is 0.348. The lowest BCUT2D eigenvalue weighted by molar-refractivity contribution is -0.140. The van der Waals surface area contributed by atoms with Crippen LogP contribution in [0.1, 0.15) is 24.0 Å². The molecule has 15 heavy (non-hydrogen) atoms. The van der Waals surface area contributed by atoms with Crippen LogP contribution in [0.25, 0.3) is 0 Å². The van der Waals surface area contributed by atoms with Crippen molar-refractivity contribution in [3.05, 3.63) is 35.1 Å². The van der Waals surface area contributed by atoms with Crippen molar-refractivity contribution in [3.8, 4) is 12.3 Å². The van der Waals surface area contributed by atoms with E-state index in [0.29, 0.717) is 6.07 Å². The molecular weight excluding hydrogens is 208 g/mol. The minimum Gasteiger partial charge on any atom is -0.206 e. The van der Waals surface area contributed by atoms with Crippen LogP contribution in [0, 0.1) is 18.2 Å². The molecule has 1 rings (SSSR count). The minimum atomic E-state index is -4.69. The number of terminal acetylenes is 1. The van der Waals surface area contributed by atoms with Gasteiger partial charge in [-0.05, 0) is 13.0 Å². The molecule has 0 nitrogen and oxygen atoms in total. The van der Waals surface area contributed by atoms with Crippen LogP contribution in [-0.2, 0) is 6.18 Å². The van der Waals surface area contributed by atoms with Crippen LogP contribution >= 0.6 is 0 Å². The van der Waals surface area contributed by atoms with Crippen LogP contribution in [0.3, 0.4) is 0 Å². The normalized spacial score (nSPS) is 13.3. The van der Waals surface area contributed by atoms with Crippen molar-refractivity contribution in [2.45, 2.75) is 19.0 Å². The van der Waals surface area contributed by atoms with Crippen LogP contribution < -0.4 is 0 Å². The van der Waals surface area contributed by atoms with Gasteiger partial charge in [0.1, 0.15) is 5.82 Å². The Morgan fingerprint density at radius 3 is 2.40 bits per heavy atom. The monoisotopic (exact) mass is 216 g/mol. The molecule has 0 aromatic heterocycles.